The van der Waals surface area contributed by atoms with E-state index in [2.05, 4.69) is 4.98 Å². The Morgan fingerprint density at radius 2 is 1.93 bits per heavy atom. The summed E-state index contributed by atoms with van der Waals surface area (Å²) in [7, 11) is 0. The zero-order valence-corrected chi connectivity index (χ0v) is 7.55. The number of H-pyrrole nitrogens is 1. The van der Waals surface area contributed by atoms with Gasteiger partial charge in [0.05, 0.1) is 0 Å². The number of aliphatic hydroxyl groups excluding tert-OH is 1. The van der Waals surface area contributed by atoms with Crippen molar-refractivity contribution >= 4 is 10.9 Å². The molecule has 0 aliphatic rings. The Labute approximate surface area is 83.3 Å². The van der Waals surface area contributed by atoms with Gasteiger partial charge in [-0.25, -0.2) is 0 Å². The van der Waals surface area contributed by atoms with Gasteiger partial charge in [0.2, 0.25) is 0 Å². The van der Waals surface area contributed by atoms with Gasteiger partial charge in [-0.3, -0.25) is 0 Å². The van der Waals surface area contributed by atoms with Gasteiger partial charge in [-0.05, 0) is 29.1 Å². The molecule has 1 atom stereocenters. The van der Waals surface area contributed by atoms with Crippen molar-refractivity contribution < 1.29 is 18.3 Å². The highest BCUT2D eigenvalue weighted by molar-refractivity contribution is 5.80. The Balaban J connectivity index is 2.44. The van der Waals surface area contributed by atoms with Crippen LogP contribution in [0.4, 0.5) is 13.2 Å². The fourth-order valence-electron chi connectivity index (χ4n) is 1.43. The minimum Gasteiger partial charge on any atom is -0.379 e. The van der Waals surface area contributed by atoms with Crippen molar-refractivity contribution in [3.05, 3.63) is 36.0 Å². The Morgan fingerprint density at radius 1 is 1.20 bits per heavy atom. The second-order valence-electron chi connectivity index (χ2n) is 3.27. The summed E-state index contributed by atoms with van der Waals surface area (Å²) in [6.45, 7) is 0. The third-order valence-electron chi connectivity index (χ3n) is 2.20. The number of halogens is 3. The molecule has 0 aliphatic heterocycles. The molecule has 5 heteroatoms. The molecule has 0 spiro atoms. The van der Waals surface area contributed by atoms with Crippen molar-refractivity contribution in [2.24, 2.45) is 0 Å². The molecular formula is C10H8F3NO. The second-order valence-corrected chi connectivity index (χ2v) is 3.27. The van der Waals surface area contributed by atoms with Gasteiger partial charge >= 0.3 is 6.18 Å². The Morgan fingerprint density at radius 3 is 2.60 bits per heavy atom. The zero-order valence-electron chi connectivity index (χ0n) is 7.55. The lowest BCUT2D eigenvalue weighted by atomic mass is 10.1. The third-order valence-corrected chi connectivity index (χ3v) is 2.20. The molecule has 2 N–H and O–H groups in total. The summed E-state index contributed by atoms with van der Waals surface area (Å²) in [4.78, 5) is 2.86. The molecule has 0 amide bonds. The van der Waals surface area contributed by atoms with Crippen molar-refractivity contribution in [2.45, 2.75) is 12.3 Å². The second kappa shape index (κ2) is 3.27. The fourth-order valence-corrected chi connectivity index (χ4v) is 1.43. The van der Waals surface area contributed by atoms with E-state index in [-0.39, 0.29) is 5.56 Å². The number of aliphatic hydroxyl groups is 1. The first-order chi connectivity index (χ1) is 6.98. The minimum absolute atomic E-state index is 0.144. The highest BCUT2D eigenvalue weighted by Gasteiger charge is 2.39. The fraction of sp³-hybridized carbons (Fsp3) is 0.200. The topological polar surface area (TPSA) is 36.0 Å². The predicted octanol–water partition coefficient (Wildman–Crippen LogP) is 2.76. The molecule has 2 nitrogen and oxygen atoms in total. The van der Waals surface area contributed by atoms with Crippen LogP contribution in [0.25, 0.3) is 10.9 Å². The quantitative estimate of drug-likeness (QED) is 0.753. The Kier molecular flexibility index (Phi) is 2.19. The molecule has 2 rings (SSSR count). The van der Waals surface area contributed by atoms with Crippen LogP contribution >= 0.6 is 0 Å². The largest absolute Gasteiger partial charge is 0.418 e. The maximum absolute atomic E-state index is 12.2. The summed E-state index contributed by atoms with van der Waals surface area (Å²) < 4.78 is 36.6. The lowest BCUT2D eigenvalue weighted by Gasteiger charge is -2.14. The molecule has 0 fully saturated rings. The molecule has 0 unspecified atom stereocenters. The number of aromatic nitrogens is 1. The molecule has 0 aliphatic carbocycles. The Bertz CT molecular complexity index is 475. The number of aromatic amines is 1. The van der Waals surface area contributed by atoms with Gasteiger partial charge in [0.1, 0.15) is 0 Å². The van der Waals surface area contributed by atoms with Gasteiger partial charge in [0.25, 0.3) is 0 Å². The van der Waals surface area contributed by atoms with E-state index in [4.69, 9.17) is 5.11 Å². The van der Waals surface area contributed by atoms with Gasteiger partial charge in [0, 0.05) is 11.7 Å². The number of nitrogens with one attached hydrogen (secondary N) is 1. The van der Waals surface area contributed by atoms with Crippen LogP contribution in [-0.2, 0) is 0 Å². The van der Waals surface area contributed by atoms with Crippen LogP contribution in [0.5, 0.6) is 0 Å². The number of hydrogen-bond acceptors (Lipinski definition) is 1. The highest BCUT2D eigenvalue weighted by atomic mass is 19.4. The molecular weight excluding hydrogens is 207 g/mol. The van der Waals surface area contributed by atoms with E-state index >= 15 is 0 Å². The molecule has 15 heavy (non-hydrogen) atoms. The van der Waals surface area contributed by atoms with E-state index in [1.54, 1.807) is 12.3 Å². The van der Waals surface area contributed by atoms with Crippen LogP contribution in [0.3, 0.4) is 0 Å². The van der Waals surface area contributed by atoms with E-state index in [9.17, 15) is 13.2 Å². The normalized spacial score (nSPS) is 14.4. The maximum atomic E-state index is 12.2. The van der Waals surface area contributed by atoms with Crippen LogP contribution < -0.4 is 0 Å². The zero-order chi connectivity index (χ0) is 11.1. The van der Waals surface area contributed by atoms with E-state index < -0.39 is 12.3 Å². The molecule has 1 aromatic carbocycles. The number of rotatable bonds is 1. The number of alkyl halides is 3. The maximum Gasteiger partial charge on any atom is 0.418 e. The van der Waals surface area contributed by atoms with Crippen molar-refractivity contribution in [1.82, 2.24) is 4.98 Å². The van der Waals surface area contributed by atoms with Gasteiger partial charge < -0.3 is 10.1 Å². The van der Waals surface area contributed by atoms with E-state index in [0.29, 0.717) is 5.39 Å². The number of fused-ring (bicyclic) bond motifs is 1. The van der Waals surface area contributed by atoms with Gasteiger partial charge in [0.15, 0.2) is 6.10 Å². The standard InChI is InChI=1S/C10H8F3NO/c11-10(12,13)9(15)7-1-2-8-6(5-7)3-4-14-8/h1-5,9,14-15H/t9-/m0/s1. The number of hydrogen-bond donors (Lipinski definition) is 2. The van der Waals surface area contributed by atoms with Crippen molar-refractivity contribution in [1.29, 1.82) is 0 Å². The Hall–Kier alpha value is -1.49. The van der Waals surface area contributed by atoms with Gasteiger partial charge in [-0.1, -0.05) is 6.07 Å². The summed E-state index contributed by atoms with van der Waals surface area (Å²) in [6.07, 6.45) is -5.41. The summed E-state index contributed by atoms with van der Waals surface area (Å²) in [5.74, 6) is 0. The lowest BCUT2D eigenvalue weighted by Crippen LogP contribution is -2.19. The molecule has 0 saturated carbocycles. The van der Waals surface area contributed by atoms with Crippen LogP contribution in [0, 0.1) is 0 Å². The third kappa shape index (κ3) is 1.83. The first kappa shape index (κ1) is 10.0. The van der Waals surface area contributed by atoms with Crippen LogP contribution in [0.1, 0.15) is 11.7 Å². The van der Waals surface area contributed by atoms with Crippen molar-refractivity contribution in [3.8, 4) is 0 Å². The molecule has 2 aromatic rings. The van der Waals surface area contributed by atoms with Crippen molar-refractivity contribution in [3.63, 3.8) is 0 Å². The van der Waals surface area contributed by atoms with Crippen LogP contribution in [0.15, 0.2) is 30.5 Å². The first-order valence-electron chi connectivity index (χ1n) is 4.30. The average molecular weight is 215 g/mol. The van der Waals surface area contributed by atoms with Gasteiger partial charge in [-0.15, -0.1) is 0 Å². The highest BCUT2D eigenvalue weighted by Crippen LogP contribution is 2.33. The lowest BCUT2D eigenvalue weighted by molar-refractivity contribution is -0.206. The number of benzene rings is 1. The van der Waals surface area contributed by atoms with E-state index in [0.717, 1.165) is 5.52 Å². The summed E-state index contributed by atoms with van der Waals surface area (Å²) >= 11 is 0. The predicted molar refractivity (Wildman–Crippen MR) is 49.3 cm³/mol. The molecule has 80 valence electrons. The molecule has 1 aromatic heterocycles. The molecule has 0 radical (unpaired) electrons. The minimum atomic E-state index is -4.62. The smallest absolute Gasteiger partial charge is 0.379 e. The molecule has 0 bridgehead atoms. The summed E-state index contributed by atoms with van der Waals surface area (Å²) in [5, 5.41) is 9.67. The van der Waals surface area contributed by atoms with Crippen LogP contribution in [-0.4, -0.2) is 16.3 Å². The summed E-state index contributed by atoms with van der Waals surface area (Å²) in [5.41, 5.74) is 0.600. The van der Waals surface area contributed by atoms with E-state index in [1.165, 1.54) is 18.2 Å². The average Bonchev–Trinajstić information content (AvgIpc) is 2.61. The first-order valence-corrected chi connectivity index (χ1v) is 4.30. The van der Waals surface area contributed by atoms with Crippen LogP contribution in [0.2, 0.25) is 0 Å². The monoisotopic (exact) mass is 215 g/mol. The molecule has 0 saturated heterocycles. The molecule has 1 heterocycles. The van der Waals surface area contributed by atoms with Gasteiger partial charge in [-0.2, -0.15) is 13.2 Å². The van der Waals surface area contributed by atoms with Crippen molar-refractivity contribution in [2.75, 3.05) is 0 Å². The summed E-state index contributed by atoms with van der Waals surface area (Å²) in [6, 6.07) is 5.75. The van der Waals surface area contributed by atoms with E-state index in [1.807, 2.05) is 0 Å². The SMILES string of the molecule is O[C@@H](c1ccc2[nH]ccc2c1)C(F)(F)F.